The summed E-state index contributed by atoms with van der Waals surface area (Å²) < 4.78 is 0. The van der Waals surface area contributed by atoms with Crippen molar-refractivity contribution >= 4 is 23.2 Å². The van der Waals surface area contributed by atoms with Crippen LogP contribution in [0.3, 0.4) is 0 Å². The van der Waals surface area contributed by atoms with E-state index in [1.54, 1.807) is 0 Å². The Morgan fingerprint density at radius 3 is 2.74 bits per heavy atom. The summed E-state index contributed by atoms with van der Waals surface area (Å²) in [5.74, 6) is -1.05. The molecule has 0 aliphatic rings. The van der Waals surface area contributed by atoms with Gasteiger partial charge in [0.05, 0.1) is 6.04 Å². The van der Waals surface area contributed by atoms with Crippen molar-refractivity contribution < 1.29 is 14.7 Å². The number of unbranched alkanes of at least 4 members (excludes halogenated alkanes) is 3. The number of amides is 1. The Balaban J connectivity index is 2.38. The molecule has 2 N–H and O–H groups in total. The predicted molar refractivity (Wildman–Crippen MR) is 74.4 cm³/mol. The van der Waals surface area contributed by atoms with Crippen LogP contribution in [0.2, 0.25) is 0 Å². The van der Waals surface area contributed by atoms with Gasteiger partial charge >= 0.3 is 5.97 Å². The molecule has 0 saturated heterocycles. The Morgan fingerprint density at radius 1 is 1.42 bits per heavy atom. The van der Waals surface area contributed by atoms with Gasteiger partial charge in [0.25, 0.3) is 0 Å². The van der Waals surface area contributed by atoms with Crippen LogP contribution in [0.15, 0.2) is 5.38 Å². The van der Waals surface area contributed by atoms with Crippen molar-refractivity contribution in [3.63, 3.8) is 0 Å². The molecule has 106 valence electrons. The zero-order chi connectivity index (χ0) is 14.3. The molecule has 5 nitrogen and oxygen atoms in total. The van der Waals surface area contributed by atoms with E-state index >= 15 is 0 Å². The fourth-order valence-corrected chi connectivity index (χ4v) is 2.47. The topological polar surface area (TPSA) is 79.3 Å². The van der Waals surface area contributed by atoms with Crippen LogP contribution in [-0.4, -0.2) is 22.0 Å². The first-order chi connectivity index (χ1) is 9.04. The van der Waals surface area contributed by atoms with E-state index in [1.165, 1.54) is 16.7 Å². The van der Waals surface area contributed by atoms with Gasteiger partial charge in [-0.2, -0.15) is 0 Å². The highest BCUT2D eigenvalue weighted by atomic mass is 32.1. The fraction of sp³-hybridized carbons (Fsp3) is 0.615. The van der Waals surface area contributed by atoms with Gasteiger partial charge in [0.15, 0.2) is 5.69 Å². The maximum absolute atomic E-state index is 11.7. The van der Waals surface area contributed by atoms with Crippen LogP contribution in [0.25, 0.3) is 0 Å². The number of carbonyl (C=O) groups is 2. The third-order valence-electron chi connectivity index (χ3n) is 2.75. The number of thiazole rings is 1. The number of hydrogen-bond acceptors (Lipinski definition) is 4. The average molecular weight is 284 g/mol. The van der Waals surface area contributed by atoms with Gasteiger partial charge in [0, 0.05) is 11.8 Å². The van der Waals surface area contributed by atoms with Crippen molar-refractivity contribution in [3.8, 4) is 0 Å². The average Bonchev–Trinajstić information content (AvgIpc) is 2.84. The molecule has 1 atom stereocenters. The van der Waals surface area contributed by atoms with Gasteiger partial charge in [0.2, 0.25) is 5.91 Å². The highest BCUT2D eigenvalue weighted by molar-refractivity contribution is 7.09. The molecule has 0 aliphatic heterocycles. The van der Waals surface area contributed by atoms with E-state index in [4.69, 9.17) is 5.11 Å². The number of carbonyl (C=O) groups excluding carboxylic acids is 1. The molecule has 1 rings (SSSR count). The standard InChI is InChI=1S/C13H20N2O3S/c1-3-4-5-6-7-11(16)14-9(2)12-15-10(8-19-12)13(17)18/h8-9H,3-7H2,1-2H3,(H,14,16)(H,17,18). The third kappa shape index (κ3) is 5.38. The molecule has 0 fully saturated rings. The van der Waals surface area contributed by atoms with Gasteiger partial charge in [-0.05, 0) is 13.3 Å². The summed E-state index contributed by atoms with van der Waals surface area (Å²) >= 11 is 1.25. The number of nitrogens with zero attached hydrogens (tertiary/aromatic N) is 1. The molecular formula is C13H20N2O3S. The van der Waals surface area contributed by atoms with E-state index in [0.29, 0.717) is 11.4 Å². The molecule has 1 amide bonds. The van der Waals surface area contributed by atoms with Crippen molar-refractivity contribution in [2.24, 2.45) is 0 Å². The highest BCUT2D eigenvalue weighted by Gasteiger charge is 2.15. The summed E-state index contributed by atoms with van der Waals surface area (Å²) in [6.07, 6.45) is 4.78. The van der Waals surface area contributed by atoms with Gasteiger partial charge < -0.3 is 10.4 Å². The molecule has 1 aromatic heterocycles. The molecular weight excluding hydrogens is 264 g/mol. The number of nitrogens with one attached hydrogen (secondary N) is 1. The van der Waals surface area contributed by atoms with E-state index in [2.05, 4.69) is 17.2 Å². The molecule has 0 bridgehead atoms. The minimum atomic E-state index is -1.04. The van der Waals surface area contributed by atoms with E-state index in [1.807, 2.05) is 6.92 Å². The molecule has 1 aromatic rings. The lowest BCUT2D eigenvalue weighted by atomic mass is 10.1. The quantitative estimate of drug-likeness (QED) is 0.719. The van der Waals surface area contributed by atoms with Crippen LogP contribution in [-0.2, 0) is 4.79 Å². The van der Waals surface area contributed by atoms with Crippen LogP contribution < -0.4 is 5.32 Å². The van der Waals surface area contributed by atoms with E-state index in [9.17, 15) is 9.59 Å². The largest absolute Gasteiger partial charge is 0.476 e. The second-order valence-electron chi connectivity index (χ2n) is 4.48. The summed E-state index contributed by atoms with van der Waals surface area (Å²) in [6, 6.07) is -0.239. The highest BCUT2D eigenvalue weighted by Crippen LogP contribution is 2.18. The number of aromatic carboxylic acids is 1. The third-order valence-corrected chi connectivity index (χ3v) is 3.77. The number of carboxylic acids is 1. The Hall–Kier alpha value is -1.43. The Morgan fingerprint density at radius 2 is 2.16 bits per heavy atom. The van der Waals surface area contributed by atoms with Gasteiger partial charge in [0.1, 0.15) is 5.01 Å². The van der Waals surface area contributed by atoms with Gasteiger partial charge in [-0.3, -0.25) is 4.79 Å². The SMILES string of the molecule is CCCCCCC(=O)NC(C)c1nc(C(=O)O)cs1. The molecule has 0 aliphatic carbocycles. The Kier molecular flexibility index (Phi) is 6.49. The lowest BCUT2D eigenvalue weighted by Crippen LogP contribution is -2.26. The van der Waals surface area contributed by atoms with E-state index < -0.39 is 5.97 Å². The second-order valence-corrected chi connectivity index (χ2v) is 5.37. The normalized spacial score (nSPS) is 12.1. The van der Waals surface area contributed by atoms with Crippen LogP contribution >= 0.6 is 11.3 Å². The molecule has 1 unspecified atom stereocenters. The van der Waals surface area contributed by atoms with Gasteiger partial charge in [-0.15, -0.1) is 11.3 Å². The first-order valence-electron chi connectivity index (χ1n) is 6.52. The van der Waals surface area contributed by atoms with Gasteiger partial charge in [-0.1, -0.05) is 26.2 Å². The van der Waals surface area contributed by atoms with Gasteiger partial charge in [-0.25, -0.2) is 9.78 Å². The van der Waals surface area contributed by atoms with Crippen LogP contribution in [0.1, 0.15) is 67.5 Å². The molecule has 0 aromatic carbocycles. The summed E-state index contributed by atoms with van der Waals surface area (Å²) in [5.41, 5.74) is 0.0315. The van der Waals surface area contributed by atoms with Crippen LogP contribution in [0, 0.1) is 0 Å². The molecule has 0 radical (unpaired) electrons. The first kappa shape index (κ1) is 15.6. The minimum Gasteiger partial charge on any atom is -0.476 e. The van der Waals surface area contributed by atoms with Crippen molar-refractivity contribution in [2.45, 2.75) is 52.0 Å². The molecule has 19 heavy (non-hydrogen) atoms. The van der Waals surface area contributed by atoms with Crippen molar-refractivity contribution in [2.75, 3.05) is 0 Å². The number of carboxylic acid groups (broad SMARTS) is 1. The van der Waals surface area contributed by atoms with Crippen molar-refractivity contribution in [1.29, 1.82) is 0 Å². The monoisotopic (exact) mass is 284 g/mol. The van der Waals surface area contributed by atoms with E-state index in [-0.39, 0.29) is 17.6 Å². The van der Waals surface area contributed by atoms with Crippen molar-refractivity contribution in [1.82, 2.24) is 10.3 Å². The number of rotatable bonds is 8. The summed E-state index contributed by atoms with van der Waals surface area (Å²) in [5, 5.41) is 13.7. The summed E-state index contributed by atoms with van der Waals surface area (Å²) in [4.78, 5) is 26.4. The van der Waals surface area contributed by atoms with Crippen LogP contribution in [0.5, 0.6) is 0 Å². The van der Waals surface area contributed by atoms with Crippen LogP contribution in [0.4, 0.5) is 0 Å². The lowest BCUT2D eigenvalue weighted by Gasteiger charge is -2.10. The molecule has 1 heterocycles. The molecule has 0 saturated carbocycles. The lowest BCUT2D eigenvalue weighted by molar-refractivity contribution is -0.121. The summed E-state index contributed by atoms with van der Waals surface area (Å²) in [7, 11) is 0. The Bertz CT molecular complexity index is 431. The maximum atomic E-state index is 11.7. The Labute approximate surface area is 117 Å². The number of aromatic nitrogens is 1. The van der Waals surface area contributed by atoms with E-state index in [0.717, 1.165) is 25.7 Å². The maximum Gasteiger partial charge on any atom is 0.355 e. The predicted octanol–water partition coefficient (Wildman–Crippen LogP) is 2.99. The first-order valence-corrected chi connectivity index (χ1v) is 7.40. The summed E-state index contributed by atoms with van der Waals surface area (Å²) in [6.45, 7) is 3.94. The number of hydrogen-bond donors (Lipinski definition) is 2. The zero-order valence-corrected chi connectivity index (χ0v) is 12.1. The second kappa shape index (κ2) is 7.89. The molecule has 0 spiro atoms. The minimum absolute atomic E-state index is 0.00400. The zero-order valence-electron chi connectivity index (χ0n) is 11.3. The van der Waals surface area contributed by atoms with Crippen molar-refractivity contribution in [3.05, 3.63) is 16.1 Å². The smallest absolute Gasteiger partial charge is 0.355 e. The fourth-order valence-electron chi connectivity index (χ4n) is 1.67. The molecule has 6 heteroatoms.